The van der Waals surface area contributed by atoms with Gasteiger partial charge in [0.05, 0.1) is 0 Å². The second kappa shape index (κ2) is 8.99. The molecule has 0 aliphatic heterocycles. The van der Waals surface area contributed by atoms with Gasteiger partial charge in [-0.05, 0) is 12.8 Å². The summed E-state index contributed by atoms with van der Waals surface area (Å²) in [6.45, 7) is 7.11. The Labute approximate surface area is 50.4 Å². The Morgan fingerprint density at radius 1 is 1.50 bits per heavy atom. The highest BCUT2D eigenvalue weighted by Crippen LogP contribution is 1.81. The first-order chi connectivity index (χ1) is 2.41. The van der Waals surface area contributed by atoms with Crippen LogP contribution in [0.3, 0.4) is 0 Å². The SMILES string of the molecule is [AlH3].[CH2]CCC=C. The third-order valence-electron chi connectivity index (χ3n) is 0.408. The van der Waals surface area contributed by atoms with Gasteiger partial charge in [-0.25, -0.2) is 0 Å². The highest BCUT2D eigenvalue weighted by Gasteiger charge is 1.61. The van der Waals surface area contributed by atoms with Crippen molar-refractivity contribution in [2.45, 2.75) is 12.8 Å². The maximum atomic E-state index is 3.60. The maximum Gasteiger partial charge on any atom is 0.187 e. The second-order valence-electron chi connectivity index (χ2n) is 0.931. The zero-order valence-corrected chi connectivity index (χ0v) is 3.41. The van der Waals surface area contributed by atoms with Gasteiger partial charge in [-0.15, -0.1) is 6.58 Å². The third kappa shape index (κ3) is 8.86. The van der Waals surface area contributed by atoms with Crippen LogP contribution < -0.4 is 0 Å². The molecule has 0 amide bonds. The van der Waals surface area contributed by atoms with Crippen molar-refractivity contribution >= 4 is 17.4 Å². The Morgan fingerprint density at radius 2 is 2.00 bits per heavy atom. The molecule has 0 saturated carbocycles. The Kier molecular flexibility index (Phi) is 14.3. The summed E-state index contributed by atoms with van der Waals surface area (Å²) in [4.78, 5) is 0. The predicted octanol–water partition coefficient (Wildman–Crippen LogP) is 0.603. The first kappa shape index (κ1) is 9.55. The minimum absolute atomic E-state index is 0. The summed E-state index contributed by atoms with van der Waals surface area (Å²) in [7, 11) is 0. The van der Waals surface area contributed by atoms with Crippen molar-refractivity contribution in [3.8, 4) is 0 Å². The zero-order valence-electron chi connectivity index (χ0n) is 3.41. The quantitative estimate of drug-likeness (QED) is 0.351. The molecular weight excluding hydrogens is 87.0 g/mol. The molecule has 0 aliphatic carbocycles. The number of rotatable bonds is 2. The minimum atomic E-state index is 0. The van der Waals surface area contributed by atoms with E-state index in [0.29, 0.717) is 0 Å². The van der Waals surface area contributed by atoms with E-state index in [4.69, 9.17) is 0 Å². The highest BCUT2D eigenvalue weighted by atomic mass is 27.0. The largest absolute Gasteiger partial charge is 0.187 e. The van der Waals surface area contributed by atoms with E-state index >= 15 is 0 Å². The van der Waals surface area contributed by atoms with Crippen LogP contribution >= 0.6 is 0 Å². The van der Waals surface area contributed by atoms with E-state index < -0.39 is 0 Å². The summed E-state index contributed by atoms with van der Waals surface area (Å²) < 4.78 is 0. The number of allylic oxidation sites excluding steroid dienone is 1. The van der Waals surface area contributed by atoms with E-state index in [0.717, 1.165) is 12.8 Å². The van der Waals surface area contributed by atoms with Crippen molar-refractivity contribution in [3.05, 3.63) is 19.6 Å². The van der Waals surface area contributed by atoms with Gasteiger partial charge in [0.15, 0.2) is 17.4 Å². The molecule has 0 spiro atoms. The molecule has 0 nitrogen and oxygen atoms in total. The molecule has 35 valence electrons. The predicted molar refractivity (Wildman–Crippen MR) is 34.7 cm³/mol. The average Bonchev–Trinajstić information content (AvgIpc) is 1.41. The summed E-state index contributed by atoms with van der Waals surface area (Å²) in [5.74, 6) is 0. The highest BCUT2D eigenvalue weighted by molar-refractivity contribution is 5.75. The lowest BCUT2D eigenvalue weighted by Crippen LogP contribution is -1.53. The van der Waals surface area contributed by atoms with Crippen LogP contribution in [-0.2, 0) is 0 Å². The molecule has 0 aromatic heterocycles. The molecule has 0 saturated heterocycles. The van der Waals surface area contributed by atoms with E-state index in [1.807, 2.05) is 6.08 Å². The average molecular weight is 99.1 g/mol. The molecule has 0 aliphatic rings. The van der Waals surface area contributed by atoms with Crippen LogP contribution in [0.2, 0.25) is 0 Å². The molecule has 0 rings (SSSR count). The monoisotopic (exact) mass is 99.1 g/mol. The smallest absolute Gasteiger partial charge is 0.103 e. The fraction of sp³-hybridized carbons (Fsp3) is 0.400. The van der Waals surface area contributed by atoms with E-state index in [1.54, 1.807) is 0 Å². The zero-order chi connectivity index (χ0) is 4.12. The van der Waals surface area contributed by atoms with Crippen molar-refractivity contribution in [1.82, 2.24) is 0 Å². The van der Waals surface area contributed by atoms with Gasteiger partial charge in [0, 0.05) is 0 Å². The summed E-state index contributed by atoms with van der Waals surface area (Å²) >= 11 is 0. The molecule has 0 fully saturated rings. The van der Waals surface area contributed by atoms with Gasteiger partial charge < -0.3 is 0 Å². The molecule has 0 N–H and O–H groups in total. The van der Waals surface area contributed by atoms with E-state index in [-0.39, 0.29) is 17.4 Å². The van der Waals surface area contributed by atoms with Gasteiger partial charge in [0.1, 0.15) is 0 Å². The molecular formula is C5H12Al. The molecule has 0 aromatic carbocycles. The standard InChI is InChI=1S/C5H9.Al.3H/c1-3-5-4-2;;;;/h3H,1-2,4-5H2;;;;. The molecule has 0 unspecified atom stereocenters. The summed E-state index contributed by atoms with van der Waals surface area (Å²) in [6.07, 6.45) is 3.89. The number of hydrogen-bond acceptors (Lipinski definition) is 0. The fourth-order valence-corrected chi connectivity index (χ4v) is 0.144. The van der Waals surface area contributed by atoms with Gasteiger partial charge in [-0.2, -0.15) is 0 Å². The lowest BCUT2D eigenvalue weighted by molar-refractivity contribution is 1.05. The fourth-order valence-electron chi connectivity index (χ4n) is 0.144. The van der Waals surface area contributed by atoms with Crippen LogP contribution in [0.15, 0.2) is 12.7 Å². The van der Waals surface area contributed by atoms with Gasteiger partial charge in [-0.1, -0.05) is 13.0 Å². The molecule has 1 radical (unpaired) electrons. The maximum absolute atomic E-state index is 3.60. The number of unbranched alkanes of at least 4 members (excludes halogenated alkanes) is 1. The minimum Gasteiger partial charge on any atom is -0.103 e. The molecule has 0 heterocycles. The topological polar surface area (TPSA) is 0 Å². The van der Waals surface area contributed by atoms with Crippen LogP contribution in [-0.4, -0.2) is 17.4 Å². The summed E-state index contributed by atoms with van der Waals surface area (Å²) in [6, 6.07) is 0. The van der Waals surface area contributed by atoms with Crippen LogP contribution in [0.25, 0.3) is 0 Å². The first-order valence-corrected chi connectivity index (χ1v) is 1.82. The van der Waals surface area contributed by atoms with E-state index in [1.165, 1.54) is 0 Å². The van der Waals surface area contributed by atoms with Crippen LogP contribution in [0, 0.1) is 6.92 Å². The van der Waals surface area contributed by atoms with Crippen molar-refractivity contribution in [3.63, 3.8) is 0 Å². The van der Waals surface area contributed by atoms with Crippen molar-refractivity contribution < 1.29 is 0 Å². The Morgan fingerprint density at radius 3 is 2.00 bits per heavy atom. The van der Waals surface area contributed by atoms with E-state index in [9.17, 15) is 0 Å². The molecule has 6 heavy (non-hydrogen) atoms. The molecule has 0 bridgehead atoms. The van der Waals surface area contributed by atoms with Gasteiger partial charge in [0.2, 0.25) is 0 Å². The van der Waals surface area contributed by atoms with Crippen LogP contribution in [0.5, 0.6) is 0 Å². The lowest BCUT2D eigenvalue weighted by atomic mass is 10.3. The van der Waals surface area contributed by atoms with Crippen LogP contribution in [0.1, 0.15) is 12.8 Å². The van der Waals surface area contributed by atoms with Gasteiger partial charge in [0.25, 0.3) is 0 Å². The number of hydrogen-bond donors (Lipinski definition) is 0. The van der Waals surface area contributed by atoms with E-state index in [2.05, 4.69) is 13.5 Å². The first-order valence-electron chi connectivity index (χ1n) is 1.82. The molecule has 1 heteroatoms. The Bertz CT molecular complexity index is 25.1. The van der Waals surface area contributed by atoms with Gasteiger partial charge in [-0.3, -0.25) is 0 Å². The Balaban J connectivity index is 0. The lowest BCUT2D eigenvalue weighted by Gasteiger charge is -1.72. The van der Waals surface area contributed by atoms with Gasteiger partial charge >= 0.3 is 0 Å². The second-order valence-corrected chi connectivity index (χ2v) is 0.931. The molecule has 0 aromatic rings. The Hall–Kier alpha value is 0.272. The van der Waals surface area contributed by atoms with Crippen molar-refractivity contribution in [2.24, 2.45) is 0 Å². The summed E-state index contributed by atoms with van der Waals surface area (Å²) in [5, 5.41) is 0. The third-order valence-corrected chi connectivity index (χ3v) is 0.408. The molecule has 0 atom stereocenters. The van der Waals surface area contributed by atoms with Crippen LogP contribution in [0.4, 0.5) is 0 Å². The van der Waals surface area contributed by atoms with Crippen molar-refractivity contribution in [2.75, 3.05) is 0 Å². The summed E-state index contributed by atoms with van der Waals surface area (Å²) in [5.41, 5.74) is 0. The van der Waals surface area contributed by atoms with Crippen molar-refractivity contribution in [1.29, 1.82) is 0 Å². The normalized spacial score (nSPS) is 6.17.